The van der Waals surface area contributed by atoms with Crippen LogP contribution in [0.1, 0.15) is 38.2 Å². The zero-order chi connectivity index (χ0) is 13.4. The quantitative estimate of drug-likeness (QED) is 0.352. The Hall–Kier alpha value is -1.65. The Bertz CT molecular complexity index is 408. The first-order chi connectivity index (χ1) is 8.69. The molecular formula is C13H18F2N2O. The Labute approximate surface area is 106 Å². The van der Waals surface area contributed by atoms with Gasteiger partial charge in [0.25, 0.3) is 0 Å². The van der Waals surface area contributed by atoms with E-state index in [9.17, 15) is 8.78 Å². The van der Waals surface area contributed by atoms with Crippen LogP contribution in [0, 0.1) is 11.6 Å². The van der Waals surface area contributed by atoms with Crippen LogP contribution < -0.4 is 10.6 Å². The lowest BCUT2D eigenvalue weighted by Crippen LogP contribution is -2.04. The van der Waals surface area contributed by atoms with Gasteiger partial charge >= 0.3 is 0 Å². The maximum Gasteiger partial charge on any atom is 0.168 e. The van der Waals surface area contributed by atoms with Crippen LogP contribution in [0.5, 0.6) is 5.75 Å². The second kappa shape index (κ2) is 7.63. The van der Waals surface area contributed by atoms with E-state index in [-0.39, 0.29) is 11.3 Å². The van der Waals surface area contributed by atoms with Gasteiger partial charge in [0.2, 0.25) is 0 Å². The summed E-state index contributed by atoms with van der Waals surface area (Å²) in [5.74, 6) is 3.58. The topological polar surface area (TPSA) is 47.6 Å². The van der Waals surface area contributed by atoms with Crippen LogP contribution in [-0.4, -0.2) is 12.8 Å². The van der Waals surface area contributed by atoms with Crippen molar-refractivity contribution in [3.63, 3.8) is 0 Å². The normalized spacial score (nSPS) is 11.1. The average molecular weight is 256 g/mol. The highest BCUT2D eigenvalue weighted by atomic mass is 19.1. The number of hydrazone groups is 1. The molecule has 0 saturated heterocycles. The maximum atomic E-state index is 13.5. The number of halogens is 2. The largest absolute Gasteiger partial charge is 0.490 e. The minimum absolute atomic E-state index is 0.00194. The van der Waals surface area contributed by atoms with Gasteiger partial charge in [-0.3, -0.25) is 0 Å². The van der Waals surface area contributed by atoms with Crippen molar-refractivity contribution in [2.75, 3.05) is 6.61 Å². The molecule has 1 aromatic carbocycles. The standard InChI is InChI=1S/C13H18F2N2O/c1-2-3-4-5-6-18-13-10(9-17-16)7-11(14)8-12(13)15/h7-9H,2-6,16H2,1H3. The summed E-state index contributed by atoms with van der Waals surface area (Å²) in [5.41, 5.74) is 0.213. The zero-order valence-corrected chi connectivity index (χ0v) is 10.5. The number of ether oxygens (including phenoxy) is 1. The molecule has 18 heavy (non-hydrogen) atoms. The van der Waals surface area contributed by atoms with Gasteiger partial charge in [0.1, 0.15) is 5.82 Å². The minimum atomic E-state index is -0.736. The first kappa shape index (κ1) is 14.4. The molecule has 0 aliphatic heterocycles. The highest BCUT2D eigenvalue weighted by molar-refractivity contribution is 5.83. The first-order valence-corrected chi connectivity index (χ1v) is 6.04. The summed E-state index contributed by atoms with van der Waals surface area (Å²) in [5, 5.41) is 3.27. The molecule has 0 amide bonds. The van der Waals surface area contributed by atoms with E-state index in [1.165, 1.54) is 6.21 Å². The maximum absolute atomic E-state index is 13.5. The molecule has 0 radical (unpaired) electrons. The summed E-state index contributed by atoms with van der Waals surface area (Å²) < 4.78 is 31.9. The molecule has 0 aromatic heterocycles. The molecule has 0 bridgehead atoms. The summed E-state index contributed by atoms with van der Waals surface area (Å²) >= 11 is 0. The lowest BCUT2D eigenvalue weighted by atomic mass is 10.2. The van der Waals surface area contributed by atoms with Gasteiger partial charge in [-0.05, 0) is 12.5 Å². The van der Waals surface area contributed by atoms with Crippen molar-refractivity contribution in [2.45, 2.75) is 32.6 Å². The highest BCUT2D eigenvalue weighted by Gasteiger charge is 2.11. The third-order valence-corrected chi connectivity index (χ3v) is 2.50. The van der Waals surface area contributed by atoms with Gasteiger partial charge in [0, 0.05) is 11.6 Å². The van der Waals surface area contributed by atoms with Gasteiger partial charge in [0.15, 0.2) is 11.6 Å². The number of benzene rings is 1. The predicted molar refractivity (Wildman–Crippen MR) is 67.8 cm³/mol. The Morgan fingerprint density at radius 1 is 1.28 bits per heavy atom. The van der Waals surface area contributed by atoms with Crippen LogP contribution in [0.2, 0.25) is 0 Å². The Morgan fingerprint density at radius 2 is 2.06 bits per heavy atom. The van der Waals surface area contributed by atoms with Crippen LogP contribution in [0.25, 0.3) is 0 Å². The van der Waals surface area contributed by atoms with Crippen molar-refractivity contribution >= 4 is 6.21 Å². The number of unbranched alkanes of at least 4 members (excludes halogenated alkanes) is 3. The Morgan fingerprint density at radius 3 is 2.72 bits per heavy atom. The monoisotopic (exact) mass is 256 g/mol. The summed E-state index contributed by atoms with van der Waals surface area (Å²) in [6.45, 7) is 2.50. The van der Waals surface area contributed by atoms with Gasteiger partial charge in [-0.1, -0.05) is 26.2 Å². The molecule has 0 saturated carbocycles. The van der Waals surface area contributed by atoms with Crippen LogP contribution in [0.4, 0.5) is 8.78 Å². The van der Waals surface area contributed by atoms with Gasteiger partial charge in [-0.25, -0.2) is 8.78 Å². The SMILES string of the molecule is CCCCCCOc1c(F)cc(F)cc1C=NN. The van der Waals surface area contributed by atoms with Crippen LogP contribution in [0.15, 0.2) is 17.2 Å². The van der Waals surface area contributed by atoms with E-state index in [0.717, 1.165) is 37.8 Å². The lowest BCUT2D eigenvalue weighted by Gasteiger charge is -2.10. The molecule has 0 aliphatic rings. The average Bonchev–Trinajstić information content (AvgIpc) is 2.32. The van der Waals surface area contributed by atoms with Gasteiger partial charge in [-0.15, -0.1) is 0 Å². The molecular weight excluding hydrogens is 238 g/mol. The lowest BCUT2D eigenvalue weighted by molar-refractivity contribution is 0.289. The second-order valence-corrected chi connectivity index (χ2v) is 3.99. The predicted octanol–water partition coefficient (Wildman–Crippen LogP) is 3.22. The summed E-state index contributed by atoms with van der Waals surface area (Å²) in [4.78, 5) is 0. The molecule has 5 heteroatoms. The van der Waals surface area contributed by atoms with Gasteiger partial charge < -0.3 is 10.6 Å². The van der Waals surface area contributed by atoms with Crippen molar-refractivity contribution < 1.29 is 13.5 Å². The molecule has 3 nitrogen and oxygen atoms in total. The molecule has 0 heterocycles. The van der Waals surface area contributed by atoms with Crippen molar-refractivity contribution in [1.82, 2.24) is 0 Å². The number of hydrogen-bond acceptors (Lipinski definition) is 3. The van der Waals surface area contributed by atoms with Gasteiger partial charge in [0.05, 0.1) is 12.8 Å². The number of hydrogen-bond donors (Lipinski definition) is 1. The minimum Gasteiger partial charge on any atom is -0.490 e. The van der Waals surface area contributed by atoms with Crippen molar-refractivity contribution in [2.24, 2.45) is 10.9 Å². The van der Waals surface area contributed by atoms with Crippen molar-refractivity contribution in [3.05, 3.63) is 29.3 Å². The zero-order valence-electron chi connectivity index (χ0n) is 10.5. The van der Waals surface area contributed by atoms with E-state index >= 15 is 0 Å². The second-order valence-electron chi connectivity index (χ2n) is 3.99. The Balaban J connectivity index is 2.68. The van der Waals surface area contributed by atoms with E-state index < -0.39 is 11.6 Å². The van der Waals surface area contributed by atoms with E-state index in [2.05, 4.69) is 12.0 Å². The van der Waals surface area contributed by atoms with Crippen molar-refractivity contribution in [1.29, 1.82) is 0 Å². The molecule has 1 aromatic rings. The molecule has 100 valence electrons. The van der Waals surface area contributed by atoms with E-state index in [1.807, 2.05) is 0 Å². The van der Waals surface area contributed by atoms with Crippen LogP contribution in [-0.2, 0) is 0 Å². The summed E-state index contributed by atoms with van der Waals surface area (Å²) in [7, 11) is 0. The number of rotatable bonds is 7. The molecule has 0 atom stereocenters. The fourth-order valence-electron chi connectivity index (χ4n) is 1.61. The van der Waals surface area contributed by atoms with Gasteiger partial charge in [-0.2, -0.15) is 5.10 Å². The molecule has 0 aliphatic carbocycles. The van der Waals surface area contributed by atoms with Crippen LogP contribution >= 0.6 is 0 Å². The molecule has 2 N–H and O–H groups in total. The highest BCUT2D eigenvalue weighted by Crippen LogP contribution is 2.23. The van der Waals surface area contributed by atoms with E-state index in [4.69, 9.17) is 10.6 Å². The van der Waals surface area contributed by atoms with E-state index in [1.54, 1.807) is 0 Å². The third kappa shape index (κ3) is 4.31. The fraction of sp³-hybridized carbons (Fsp3) is 0.462. The van der Waals surface area contributed by atoms with Crippen molar-refractivity contribution in [3.8, 4) is 5.75 Å². The smallest absolute Gasteiger partial charge is 0.168 e. The molecule has 0 unspecified atom stereocenters. The fourth-order valence-corrected chi connectivity index (χ4v) is 1.61. The number of nitrogens with two attached hydrogens (primary N) is 1. The third-order valence-electron chi connectivity index (χ3n) is 2.50. The first-order valence-electron chi connectivity index (χ1n) is 6.04. The summed E-state index contributed by atoms with van der Waals surface area (Å²) in [6.07, 6.45) is 5.28. The molecule has 1 rings (SSSR count). The number of nitrogens with zero attached hydrogens (tertiary/aromatic N) is 1. The van der Waals surface area contributed by atoms with Crippen LogP contribution in [0.3, 0.4) is 0 Å². The molecule has 0 fully saturated rings. The Kier molecular flexibility index (Phi) is 6.11. The summed E-state index contributed by atoms with van der Waals surface area (Å²) in [6, 6.07) is 1.93. The molecule has 0 spiro atoms. The van der Waals surface area contributed by atoms with E-state index in [0.29, 0.717) is 6.61 Å².